The molecule has 0 saturated carbocycles. The number of non-ortho nitro benzene ring substituents is 2. The lowest BCUT2D eigenvalue weighted by Gasteiger charge is -2.38. The number of aromatic nitrogens is 1. The van der Waals surface area contributed by atoms with Crippen LogP contribution in [-0.4, -0.2) is 21.1 Å². The molecule has 4 aromatic rings. The molecule has 1 aliphatic rings. The molecule has 0 bridgehead atoms. The van der Waals surface area contributed by atoms with E-state index in [4.69, 9.17) is 28.2 Å². The molecule has 0 N–H and O–H groups in total. The second kappa shape index (κ2) is 10.3. The van der Waals surface area contributed by atoms with Gasteiger partial charge in [0.2, 0.25) is 0 Å². The van der Waals surface area contributed by atoms with E-state index in [1.54, 1.807) is 48.5 Å². The Morgan fingerprint density at radius 1 is 0.842 bits per heavy atom. The summed E-state index contributed by atoms with van der Waals surface area (Å²) in [4.78, 5) is 38.7. The number of hydrogen-bond acceptors (Lipinski definition) is 6. The maximum atomic E-state index is 12.3. The second-order valence-electron chi connectivity index (χ2n) is 9.06. The Bertz CT molecular complexity index is 1600. The van der Waals surface area contributed by atoms with E-state index in [1.165, 1.54) is 24.3 Å². The molecule has 0 unspecified atom stereocenters. The van der Waals surface area contributed by atoms with Gasteiger partial charge in [-0.25, -0.2) is 0 Å². The number of aldehydes is 1. The fraction of sp³-hybridized carbons (Fsp3) is 0.143. The molecule has 3 aromatic carbocycles. The molecule has 1 heterocycles. The summed E-state index contributed by atoms with van der Waals surface area (Å²) < 4.78 is 0. The van der Waals surface area contributed by atoms with Crippen LogP contribution in [0.4, 0.5) is 11.4 Å². The lowest BCUT2D eigenvalue weighted by atomic mass is 9.65. The second-order valence-corrected chi connectivity index (χ2v) is 9.90. The van der Waals surface area contributed by atoms with Gasteiger partial charge in [-0.2, -0.15) is 0 Å². The maximum absolute atomic E-state index is 12.3. The Balaban J connectivity index is 1.72. The first kappa shape index (κ1) is 25.5. The number of pyridine rings is 1. The SMILES string of the molecule is O=CC1=CC[C@@H](c2ccc([N+](=O)[O-])cc2)[C@@H](c2cc(Cl)c3ccc(Cl)cc3n2)[C@@H]1c1ccc([N+](=O)[O-])cc1. The van der Waals surface area contributed by atoms with Gasteiger partial charge < -0.3 is 0 Å². The van der Waals surface area contributed by atoms with Crippen LogP contribution in [0.2, 0.25) is 10.0 Å². The molecule has 10 heteroatoms. The fourth-order valence-corrected chi connectivity index (χ4v) is 5.65. The van der Waals surface area contributed by atoms with Gasteiger partial charge in [-0.1, -0.05) is 53.5 Å². The lowest BCUT2D eigenvalue weighted by molar-refractivity contribution is -0.385. The van der Waals surface area contributed by atoms with E-state index in [2.05, 4.69) is 0 Å². The molecule has 0 fully saturated rings. The van der Waals surface area contributed by atoms with Crippen molar-refractivity contribution in [2.24, 2.45) is 0 Å². The molecule has 190 valence electrons. The van der Waals surface area contributed by atoms with E-state index < -0.39 is 21.7 Å². The van der Waals surface area contributed by atoms with Crippen LogP contribution >= 0.6 is 23.2 Å². The Morgan fingerprint density at radius 2 is 1.45 bits per heavy atom. The van der Waals surface area contributed by atoms with Crippen molar-refractivity contribution in [2.45, 2.75) is 24.2 Å². The van der Waals surface area contributed by atoms with Crippen LogP contribution in [0.15, 0.2) is 84.4 Å². The number of benzene rings is 3. The minimum absolute atomic E-state index is 0.0290. The van der Waals surface area contributed by atoms with Crippen molar-refractivity contribution in [3.05, 3.63) is 132 Å². The summed E-state index contributed by atoms with van der Waals surface area (Å²) in [5.74, 6) is -1.13. The zero-order valence-corrected chi connectivity index (χ0v) is 21.2. The number of nitro benzene ring substituents is 2. The molecular weight excluding hydrogens is 529 g/mol. The highest BCUT2D eigenvalue weighted by Crippen LogP contribution is 2.52. The highest BCUT2D eigenvalue weighted by Gasteiger charge is 2.39. The van der Waals surface area contributed by atoms with Gasteiger partial charge >= 0.3 is 0 Å². The number of allylic oxidation sites excluding steroid dienone is 2. The number of rotatable bonds is 6. The Morgan fingerprint density at radius 3 is 2.03 bits per heavy atom. The summed E-state index contributed by atoms with van der Waals surface area (Å²) in [6.45, 7) is 0. The molecule has 0 radical (unpaired) electrons. The van der Waals surface area contributed by atoms with E-state index >= 15 is 0 Å². The van der Waals surface area contributed by atoms with Crippen LogP contribution in [0.1, 0.15) is 41.0 Å². The van der Waals surface area contributed by atoms with Crippen LogP contribution < -0.4 is 0 Å². The van der Waals surface area contributed by atoms with Crippen molar-refractivity contribution in [1.29, 1.82) is 0 Å². The van der Waals surface area contributed by atoms with E-state index in [-0.39, 0.29) is 17.3 Å². The molecule has 3 atom stereocenters. The highest BCUT2D eigenvalue weighted by atomic mass is 35.5. The first-order valence-electron chi connectivity index (χ1n) is 11.7. The summed E-state index contributed by atoms with van der Waals surface area (Å²) in [7, 11) is 0. The van der Waals surface area contributed by atoms with Gasteiger partial charge in [0.05, 0.1) is 20.4 Å². The van der Waals surface area contributed by atoms with E-state index in [0.717, 1.165) is 17.2 Å². The number of carbonyl (C=O) groups is 1. The van der Waals surface area contributed by atoms with Crippen molar-refractivity contribution in [3.63, 3.8) is 0 Å². The number of hydrogen-bond donors (Lipinski definition) is 0. The summed E-state index contributed by atoms with van der Waals surface area (Å²) in [5.41, 5.74) is 3.17. The largest absolute Gasteiger partial charge is 0.298 e. The standard InChI is InChI=1S/C28H19Cl2N3O5/c29-19-6-12-23-24(30)14-26(31-25(23)13-19)28-22(16-1-7-20(8-2-16)32(35)36)11-5-18(15-34)27(28)17-3-9-21(10-4-17)33(37)38/h1-10,12-15,22,27-28H,11H2/t22-,27+,28-/m0/s1. The normalized spacial score (nSPS) is 19.1. The van der Waals surface area contributed by atoms with Crippen molar-refractivity contribution < 1.29 is 14.6 Å². The predicted molar refractivity (Wildman–Crippen MR) is 145 cm³/mol. The number of nitro groups is 2. The molecule has 0 saturated heterocycles. The molecule has 5 rings (SSSR count). The van der Waals surface area contributed by atoms with Gasteiger partial charge in [-0.3, -0.25) is 30.0 Å². The third kappa shape index (κ3) is 4.76. The van der Waals surface area contributed by atoms with Gasteiger partial charge in [-0.05, 0) is 53.3 Å². The first-order valence-corrected chi connectivity index (χ1v) is 12.4. The zero-order valence-electron chi connectivity index (χ0n) is 19.7. The van der Waals surface area contributed by atoms with E-state index in [9.17, 15) is 25.0 Å². The lowest BCUT2D eigenvalue weighted by Crippen LogP contribution is -2.26. The minimum atomic E-state index is -0.498. The Kier molecular flexibility index (Phi) is 6.93. The average Bonchev–Trinajstić information content (AvgIpc) is 2.92. The number of carbonyl (C=O) groups excluding carboxylic acids is 1. The Labute approximate surface area is 226 Å². The van der Waals surface area contributed by atoms with E-state index in [1.807, 2.05) is 6.08 Å². The average molecular weight is 548 g/mol. The van der Waals surface area contributed by atoms with Crippen molar-refractivity contribution in [1.82, 2.24) is 4.98 Å². The topological polar surface area (TPSA) is 116 Å². The molecule has 0 amide bonds. The minimum Gasteiger partial charge on any atom is -0.298 e. The van der Waals surface area contributed by atoms with Crippen molar-refractivity contribution in [2.75, 3.05) is 0 Å². The van der Waals surface area contributed by atoms with Crippen molar-refractivity contribution in [3.8, 4) is 0 Å². The van der Waals surface area contributed by atoms with Gasteiger partial charge in [0, 0.05) is 52.2 Å². The van der Waals surface area contributed by atoms with Crippen LogP contribution in [0.3, 0.4) is 0 Å². The summed E-state index contributed by atoms with van der Waals surface area (Å²) in [6, 6.07) is 19.4. The number of nitrogens with zero attached hydrogens (tertiary/aromatic N) is 3. The highest BCUT2D eigenvalue weighted by molar-refractivity contribution is 6.36. The predicted octanol–water partition coefficient (Wildman–Crippen LogP) is 7.54. The summed E-state index contributed by atoms with van der Waals surface area (Å²) in [5, 5.41) is 24.2. The quantitative estimate of drug-likeness (QED) is 0.140. The fourth-order valence-electron chi connectivity index (χ4n) is 5.21. The maximum Gasteiger partial charge on any atom is 0.269 e. The smallest absolute Gasteiger partial charge is 0.269 e. The Hall–Kier alpha value is -4.14. The molecule has 38 heavy (non-hydrogen) atoms. The van der Waals surface area contributed by atoms with Gasteiger partial charge in [-0.15, -0.1) is 0 Å². The van der Waals surface area contributed by atoms with Crippen LogP contribution in [0.5, 0.6) is 0 Å². The van der Waals surface area contributed by atoms with Crippen LogP contribution in [-0.2, 0) is 4.79 Å². The first-order chi connectivity index (χ1) is 18.3. The molecule has 1 aliphatic carbocycles. The van der Waals surface area contributed by atoms with Gasteiger partial charge in [0.1, 0.15) is 6.29 Å². The van der Waals surface area contributed by atoms with Gasteiger partial charge in [0.15, 0.2) is 0 Å². The van der Waals surface area contributed by atoms with Crippen LogP contribution in [0, 0.1) is 20.2 Å². The zero-order chi connectivity index (χ0) is 27.0. The van der Waals surface area contributed by atoms with Crippen LogP contribution in [0.25, 0.3) is 10.9 Å². The monoisotopic (exact) mass is 547 g/mol. The summed E-state index contributed by atoms with van der Waals surface area (Å²) >= 11 is 12.9. The third-order valence-electron chi connectivity index (χ3n) is 6.97. The van der Waals surface area contributed by atoms with E-state index in [0.29, 0.717) is 38.8 Å². The molecule has 0 spiro atoms. The van der Waals surface area contributed by atoms with Crippen molar-refractivity contribution >= 4 is 51.8 Å². The number of halogens is 2. The summed E-state index contributed by atoms with van der Waals surface area (Å²) in [6.07, 6.45) is 3.12. The molecule has 8 nitrogen and oxygen atoms in total. The van der Waals surface area contributed by atoms with Gasteiger partial charge in [0.25, 0.3) is 11.4 Å². The molecule has 1 aromatic heterocycles. The third-order valence-corrected chi connectivity index (χ3v) is 7.52. The molecule has 0 aliphatic heterocycles. The molecular formula is C28H19Cl2N3O5. The number of fused-ring (bicyclic) bond motifs is 1.